The number of hydrogen-bond donors (Lipinski definition) is 1. The Morgan fingerprint density at radius 2 is 1.62 bits per heavy atom. The molecule has 1 heterocycles. The number of rotatable bonds is 2. The quantitative estimate of drug-likeness (QED) is 0.704. The van der Waals surface area contributed by atoms with E-state index in [-0.39, 0.29) is 0 Å². The summed E-state index contributed by atoms with van der Waals surface area (Å²) in [6.45, 7) is 1.78. The Bertz CT molecular complexity index is 1090. The number of nitrogens with one attached hydrogen (secondary N) is 1. The second-order valence-electron chi connectivity index (χ2n) is 6.02. The van der Waals surface area contributed by atoms with E-state index in [1.54, 1.807) is 55.5 Å². The first-order valence-corrected chi connectivity index (χ1v) is 8.33. The average Bonchev–Trinajstić information content (AvgIpc) is 2.64. The number of nitrogens with zero attached hydrogens (tertiary/aromatic N) is 1. The molecule has 4 rings (SSSR count). The molecule has 0 unspecified atom stereocenters. The van der Waals surface area contributed by atoms with E-state index < -0.39 is 17.7 Å². The maximum atomic E-state index is 12.8. The normalized spacial score (nSPS) is 13.2. The molecule has 0 aromatic heterocycles. The van der Waals surface area contributed by atoms with Crippen LogP contribution < -0.4 is 5.43 Å². The molecule has 6 heteroatoms. The Morgan fingerprint density at radius 1 is 0.923 bits per heavy atom. The van der Waals surface area contributed by atoms with Crippen LogP contribution in [0.25, 0.3) is 10.8 Å². The van der Waals surface area contributed by atoms with Crippen LogP contribution in [0.4, 0.5) is 0 Å². The molecule has 0 saturated carbocycles. The van der Waals surface area contributed by atoms with Gasteiger partial charge in [-0.1, -0.05) is 41.9 Å². The van der Waals surface area contributed by atoms with Gasteiger partial charge in [-0.15, -0.1) is 0 Å². The maximum Gasteiger partial charge on any atom is 0.280 e. The van der Waals surface area contributed by atoms with Crippen LogP contribution in [-0.4, -0.2) is 22.7 Å². The van der Waals surface area contributed by atoms with Crippen LogP contribution in [0, 0.1) is 6.92 Å². The van der Waals surface area contributed by atoms with Gasteiger partial charge in [-0.25, -0.2) is 0 Å². The Hall–Kier alpha value is -3.18. The predicted octanol–water partition coefficient (Wildman–Crippen LogP) is 3.74. The van der Waals surface area contributed by atoms with Crippen LogP contribution in [0.3, 0.4) is 0 Å². The highest BCUT2D eigenvalue weighted by atomic mass is 35.5. The molecule has 128 valence electrons. The first kappa shape index (κ1) is 16.3. The zero-order valence-electron chi connectivity index (χ0n) is 13.7. The van der Waals surface area contributed by atoms with E-state index in [9.17, 15) is 14.4 Å². The Kier molecular flexibility index (Phi) is 3.74. The second kappa shape index (κ2) is 5.97. The molecular formula is C20H13ClN2O3. The van der Waals surface area contributed by atoms with Crippen molar-refractivity contribution < 1.29 is 14.4 Å². The van der Waals surface area contributed by atoms with Gasteiger partial charge >= 0.3 is 0 Å². The Balaban J connectivity index is 1.78. The number of carbonyl (C=O) groups is 3. The van der Waals surface area contributed by atoms with Gasteiger partial charge in [-0.3, -0.25) is 19.8 Å². The zero-order valence-corrected chi connectivity index (χ0v) is 14.5. The summed E-state index contributed by atoms with van der Waals surface area (Å²) in [5.74, 6) is -1.69. The van der Waals surface area contributed by atoms with E-state index in [0.717, 1.165) is 10.6 Å². The van der Waals surface area contributed by atoms with E-state index in [1.807, 2.05) is 6.07 Å². The second-order valence-corrected chi connectivity index (χ2v) is 6.43. The van der Waals surface area contributed by atoms with Gasteiger partial charge in [0.25, 0.3) is 17.7 Å². The van der Waals surface area contributed by atoms with Crippen molar-refractivity contribution in [2.24, 2.45) is 0 Å². The molecule has 1 N–H and O–H groups in total. The molecular weight excluding hydrogens is 352 g/mol. The fraction of sp³-hybridized carbons (Fsp3) is 0.0500. The standard InChI is InChI=1S/C20H13ClN2O3/c1-11-5-2-3-6-12(11)18(24)22-23-19(25)14-8-4-7-13-16(21)10-9-15(17(13)14)20(23)26/h2-10H,1H3,(H,22,24). The smallest absolute Gasteiger partial charge is 0.267 e. The monoisotopic (exact) mass is 364 g/mol. The van der Waals surface area contributed by atoms with Crippen LogP contribution in [0.2, 0.25) is 5.02 Å². The number of hydrogen-bond acceptors (Lipinski definition) is 3. The van der Waals surface area contributed by atoms with Crippen LogP contribution in [0.5, 0.6) is 0 Å². The van der Waals surface area contributed by atoms with Crippen LogP contribution in [0.15, 0.2) is 54.6 Å². The van der Waals surface area contributed by atoms with Crippen molar-refractivity contribution in [2.45, 2.75) is 6.92 Å². The molecule has 0 spiro atoms. The lowest BCUT2D eigenvalue weighted by Crippen LogP contribution is -2.51. The van der Waals surface area contributed by atoms with E-state index in [4.69, 9.17) is 11.6 Å². The maximum absolute atomic E-state index is 12.8. The largest absolute Gasteiger partial charge is 0.280 e. The molecule has 3 amide bonds. The lowest BCUT2D eigenvalue weighted by molar-refractivity contribution is 0.0478. The highest BCUT2D eigenvalue weighted by molar-refractivity contribution is 6.38. The van der Waals surface area contributed by atoms with Crippen LogP contribution in [-0.2, 0) is 0 Å². The minimum atomic E-state index is -0.586. The number of hydrazine groups is 1. The number of amides is 3. The fourth-order valence-corrected chi connectivity index (χ4v) is 3.37. The molecule has 26 heavy (non-hydrogen) atoms. The van der Waals surface area contributed by atoms with Gasteiger partial charge in [0.15, 0.2) is 0 Å². The third kappa shape index (κ3) is 2.36. The molecule has 0 radical (unpaired) electrons. The first-order valence-electron chi connectivity index (χ1n) is 7.95. The van der Waals surface area contributed by atoms with Crippen molar-refractivity contribution in [2.75, 3.05) is 0 Å². The number of imide groups is 1. The number of halogens is 1. The van der Waals surface area contributed by atoms with Gasteiger partial charge in [0, 0.05) is 21.4 Å². The topological polar surface area (TPSA) is 66.5 Å². The van der Waals surface area contributed by atoms with Gasteiger partial charge < -0.3 is 0 Å². The zero-order chi connectivity index (χ0) is 18.4. The van der Waals surface area contributed by atoms with Crippen molar-refractivity contribution >= 4 is 40.1 Å². The van der Waals surface area contributed by atoms with Gasteiger partial charge in [0.2, 0.25) is 0 Å². The minimum Gasteiger partial charge on any atom is -0.267 e. The molecule has 0 fully saturated rings. The van der Waals surface area contributed by atoms with Crippen LogP contribution >= 0.6 is 11.6 Å². The fourth-order valence-electron chi connectivity index (χ4n) is 3.15. The third-order valence-electron chi connectivity index (χ3n) is 4.46. The molecule has 5 nitrogen and oxygen atoms in total. The molecule has 0 atom stereocenters. The highest BCUT2D eigenvalue weighted by Gasteiger charge is 2.34. The third-order valence-corrected chi connectivity index (χ3v) is 4.79. The number of benzene rings is 3. The summed E-state index contributed by atoms with van der Waals surface area (Å²) in [6, 6.07) is 15.2. The van der Waals surface area contributed by atoms with E-state index >= 15 is 0 Å². The van der Waals surface area contributed by atoms with Crippen molar-refractivity contribution in [1.82, 2.24) is 10.4 Å². The molecule has 0 bridgehead atoms. The van der Waals surface area contributed by atoms with Gasteiger partial charge in [-0.05, 0) is 36.8 Å². The summed E-state index contributed by atoms with van der Waals surface area (Å²) >= 11 is 6.19. The summed E-state index contributed by atoms with van der Waals surface area (Å²) in [4.78, 5) is 38.2. The van der Waals surface area contributed by atoms with Gasteiger partial charge in [0.05, 0.1) is 11.1 Å². The summed E-state index contributed by atoms with van der Waals surface area (Å²) in [5, 5.41) is 2.37. The molecule has 3 aromatic carbocycles. The first-order chi connectivity index (χ1) is 12.5. The lowest BCUT2D eigenvalue weighted by Gasteiger charge is -2.27. The van der Waals surface area contributed by atoms with Gasteiger partial charge in [0.1, 0.15) is 0 Å². The number of carbonyl (C=O) groups excluding carboxylic acids is 3. The Labute approximate surface area is 154 Å². The van der Waals surface area contributed by atoms with Gasteiger partial charge in [-0.2, -0.15) is 5.01 Å². The van der Waals surface area contributed by atoms with E-state index in [0.29, 0.717) is 32.5 Å². The van der Waals surface area contributed by atoms with Crippen molar-refractivity contribution in [3.8, 4) is 0 Å². The Morgan fingerprint density at radius 3 is 2.35 bits per heavy atom. The predicted molar refractivity (Wildman–Crippen MR) is 98.1 cm³/mol. The summed E-state index contributed by atoms with van der Waals surface area (Å²) in [7, 11) is 0. The van der Waals surface area contributed by atoms with E-state index in [2.05, 4.69) is 5.43 Å². The van der Waals surface area contributed by atoms with Crippen molar-refractivity contribution in [3.05, 3.63) is 81.9 Å². The summed E-state index contributed by atoms with van der Waals surface area (Å²) < 4.78 is 0. The van der Waals surface area contributed by atoms with E-state index in [1.165, 1.54) is 0 Å². The molecule has 1 aliphatic heterocycles. The minimum absolute atomic E-state index is 0.324. The lowest BCUT2D eigenvalue weighted by atomic mass is 9.95. The number of aryl methyl sites for hydroxylation is 1. The molecule has 0 saturated heterocycles. The van der Waals surface area contributed by atoms with Crippen LogP contribution in [0.1, 0.15) is 36.6 Å². The summed E-state index contributed by atoms with van der Waals surface area (Å²) in [6.07, 6.45) is 0. The molecule has 3 aromatic rings. The van der Waals surface area contributed by atoms with Crippen molar-refractivity contribution in [3.63, 3.8) is 0 Å². The summed E-state index contributed by atoms with van der Waals surface area (Å²) in [5.41, 5.74) is 4.23. The highest BCUT2D eigenvalue weighted by Crippen LogP contribution is 2.33. The average molecular weight is 365 g/mol. The molecule has 0 aliphatic carbocycles. The SMILES string of the molecule is Cc1ccccc1C(=O)NN1C(=O)c2cccc3c(Cl)ccc(c23)C1=O. The van der Waals surface area contributed by atoms with Crippen molar-refractivity contribution in [1.29, 1.82) is 0 Å². The molecule has 1 aliphatic rings.